The van der Waals surface area contributed by atoms with Gasteiger partial charge >= 0.3 is 6.18 Å². The quantitative estimate of drug-likeness (QED) is 0.173. The van der Waals surface area contributed by atoms with Gasteiger partial charge in [-0.3, -0.25) is 19.3 Å². The van der Waals surface area contributed by atoms with E-state index in [0.29, 0.717) is 0 Å². The monoisotopic (exact) mass is 488 g/mol. The number of hydrogen-bond acceptors (Lipinski definition) is 11. The van der Waals surface area contributed by atoms with Crippen LogP contribution in [0.2, 0.25) is 0 Å². The fraction of sp³-hybridized carbons (Fsp3) is 0.722. The lowest BCUT2D eigenvalue weighted by Crippen LogP contribution is -2.78. The first-order valence-corrected chi connectivity index (χ1v) is 10.6. The minimum atomic E-state index is -4.79. The second-order valence-corrected chi connectivity index (χ2v) is 9.25. The summed E-state index contributed by atoms with van der Waals surface area (Å²) < 4.78 is 40.2. The summed E-state index contributed by atoms with van der Waals surface area (Å²) >= 11 is 0. The van der Waals surface area contributed by atoms with Crippen LogP contribution in [0.5, 0.6) is 0 Å². The minimum Gasteiger partial charge on any atom is -0.370 e. The first-order valence-electron chi connectivity index (χ1n) is 10.6. The number of aliphatic hydroxyl groups is 2. The number of amides is 3. The van der Waals surface area contributed by atoms with Crippen LogP contribution in [0.15, 0.2) is 9.98 Å². The average Bonchev–Trinajstić information content (AvgIpc) is 3.35. The van der Waals surface area contributed by atoms with Gasteiger partial charge in [-0.1, -0.05) is 0 Å². The van der Waals surface area contributed by atoms with E-state index in [4.69, 9.17) is 11.5 Å². The van der Waals surface area contributed by atoms with Crippen LogP contribution < -0.4 is 22.1 Å². The molecule has 3 amide bonds. The van der Waals surface area contributed by atoms with Crippen LogP contribution in [0.3, 0.4) is 0 Å². The third-order valence-corrected chi connectivity index (χ3v) is 7.36. The van der Waals surface area contributed by atoms with Gasteiger partial charge in [0, 0.05) is 19.4 Å². The van der Waals surface area contributed by atoms with Gasteiger partial charge in [-0.15, -0.1) is 0 Å². The Bertz CT molecular complexity index is 1030. The highest BCUT2D eigenvalue weighted by Gasteiger charge is 2.75. The van der Waals surface area contributed by atoms with Crippen LogP contribution in [-0.4, -0.2) is 98.5 Å². The predicted octanol–water partition coefficient (Wildman–Crippen LogP) is -3.36. The lowest BCUT2D eigenvalue weighted by Gasteiger charge is -2.49. The zero-order valence-corrected chi connectivity index (χ0v) is 17.7. The number of halogens is 3. The Kier molecular flexibility index (Phi) is 4.47. The lowest BCUT2D eigenvalue weighted by molar-refractivity contribution is -0.234. The van der Waals surface area contributed by atoms with E-state index in [2.05, 4.69) is 20.6 Å². The Labute approximate surface area is 190 Å². The van der Waals surface area contributed by atoms with Crippen molar-refractivity contribution in [3.8, 4) is 0 Å². The van der Waals surface area contributed by atoms with Crippen molar-refractivity contribution in [3.63, 3.8) is 0 Å². The number of likely N-dealkylation sites (tertiary alicyclic amines) is 1. The summed E-state index contributed by atoms with van der Waals surface area (Å²) in [5.41, 5.74) is 7.32. The van der Waals surface area contributed by atoms with Crippen molar-refractivity contribution in [2.45, 2.75) is 61.4 Å². The number of imide groups is 1. The molecule has 0 radical (unpaired) electrons. The molecule has 16 heteroatoms. The standard InChI is InChI=1S/C18H23F3N8O5/c19-18(20,21)15(3-4-15)12(32)25-8-6-29-14(23)24-7(5-28-9(30)1-2-10(28)31)11-16(29,17(8,33)34)27-13(22)26-11/h7-8,11,33-34H,1-6H2,(H2,23,24)(H,25,32)(H3,22,26,27). The van der Waals surface area contributed by atoms with E-state index in [9.17, 15) is 37.8 Å². The van der Waals surface area contributed by atoms with Gasteiger partial charge in [-0.2, -0.15) is 13.2 Å². The van der Waals surface area contributed by atoms with E-state index in [-0.39, 0.29) is 31.3 Å². The van der Waals surface area contributed by atoms with E-state index in [1.54, 1.807) is 0 Å². The highest BCUT2D eigenvalue weighted by molar-refractivity contribution is 6.02. The number of nitrogens with zero attached hydrogens (tertiary/aromatic N) is 4. The number of alkyl halides is 3. The number of guanidine groups is 2. The summed E-state index contributed by atoms with van der Waals surface area (Å²) in [6.45, 7) is -0.677. The van der Waals surface area contributed by atoms with E-state index < -0.39 is 78.3 Å². The van der Waals surface area contributed by atoms with Gasteiger partial charge in [0.1, 0.15) is 17.5 Å². The molecule has 13 nitrogen and oxygen atoms in total. The molecule has 0 aromatic rings. The topological polar surface area (TPSA) is 199 Å². The smallest absolute Gasteiger partial charge is 0.370 e. The molecule has 4 heterocycles. The lowest BCUT2D eigenvalue weighted by atomic mass is 9.84. The molecule has 2 saturated heterocycles. The molecule has 4 aliphatic heterocycles. The van der Waals surface area contributed by atoms with Gasteiger partial charge in [0.2, 0.25) is 23.5 Å². The molecular weight excluding hydrogens is 465 g/mol. The first kappa shape index (κ1) is 22.6. The highest BCUT2D eigenvalue weighted by Crippen LogP contribution is 2.58. The van der Waals surface area contributed by atoms with E-state index in [0.717, 1.165) is 4.90 Å². The Morgan fingerprint density at radius 3 is 2.35 bits per heavy atom. The molecule has 186 valence electrons. The molecule has 1 aliphatic carbocycles. The van der Waals surface area contributed by atoms with E-state index in [1.807, 2.05) is 0 Å². The Morgan fingerprint density at radius 2 is 1.79 bits per heavy atom. The van der Waals surface area contributed by atoms with E-state index in [1.165, 1.54) is 4.90 Å². The Morgan fingerprint density at radius 1 is 1.18 bits per heavy atom. The zero-order chi connectivity index (χ0) is 24.8. The summed E-state index contributed by atoms with van der Waals surface area (Å²) in [5, 5.41) is 27.2. The number of aliphatic imine (C=N–C) groups is 2. The summed E-state index contributed by atoms with van der Waals surface area (Å²) in [5.74, 6) is -5.65. The zero-order valence-electron chi connectivity index (χ0n) is 17.7. The second kappa shape index (κ2) is 6.71. The van der Waals surface area contributed by atoms with Gasteiger partial charge in [0.25, 0.3) is 0 Å². The molecular formula is C18H23F3N8O5. The molecule has 8 N–H and O–H groups in total. The average molecular weight is 488 g/mol. The van der Waals surface area contributed by atoms with Gasteiger partial charge in [0.15, 0.2) is 17.6 Å². The Balaban J connectivity index is 1.47. The van der Waals surface area contributed by atoms with Crippen molar-refractivity contribution in [2.75, 3.05) is 13.1 Å². The third kappa shape index (κ3) is 2.77. The summed E-state index contributed by atoms with van der Waals surface area (Å²) in [6, 6.07) is -3.86. The molecule has 1 saturated carbocycles. The molecule has 0 aromatic carbocycles. The second-order valence-electron chi connectivity index (χ2n) is 9.25. The van der Waals surface area contributed by atoms with Gasteiger partial charge in [-0.05, 0) is 12.8 Å². The van der Waals surface area contributed by atoms with Crippen LogP contribution in [-0.2, 0) is 14.4 Å². The number of carbonyl (C=O) groups is 3. The maximum Gasteiger partial charge on any atom is 0.403 e. The molecule has 5 aliphatic rings. The molecule has 4 atom stereocenters. The fourth-order valence-electron chi connectivity index (χ4n) is 5.31. The maximum absolute atomic E-state index is 13.4. The third-order valence-electron chi connectivity index (χ3n) is 7.36. The van der Waals surface area contributed by atoms with Crippen molar-refractivity contribution in [1.82, 2.24) is 20.4 Å². The molecule has 4 unspecified atom stereocenters. The molecule has 3 fully saturated rings. The van der Waals surface area contributed by atoms with Gasteiger partial charge < -0.3 is 37.2 Å². The van der Waals surface area contributed by atoms with Crippen LogP contribution in [0, 0.1) is 5.41 Å². The van der Waals surface area contributed by atoms with Crippen LogP contribution in [0.4, 0.5) is 13.2 Å². The molecule has 0 bridgehead atoms. The first-order chi connectivity index (χ1) is 15.7. The van der Waals surface area contributed by atoms with Crippen LogP contribution in [0.25, 0.3) is 0 Å². The number of nitrogens with one attached hydrogen (secondary N) is 2. The molecule has 34 heavy (non-hydrogen) atoms. The van der Waals surface area contributed by atoms with Crippen molar-refractivity contribution >= 4 is 29.6 Å². The number of rotatable bonds is 4. The summed E-state index contributed by atoms with van der Waals surface area (Å²) in [6.07, 6.45) is -5.57. The number of carbonyl (C=O) groups excluding carboxylic acids is 3. The molecule has 5 rings (SSSR count). The molecule has 0 aromatic heterocycles. The van der Waals surface area contributed by atoms with Crippen molar-refractivity contribution in [2.24, 2.45) is 26.9 Å². The normalized spacial score (nSPS) is 35.4. The largest absolute Gasteiger partial charge is 0.403 e. The highest BCUT2D eigenvalue weighted by atomic mass is 19.4. The maximum atomic E-state index is 13.4. The number of nitrogens with two attached hydrogens (primary N) is 2. The van der Waals surface area contributed by atoms with Crippen molar-refractivity contribution < 1.29 is 37.8 Å². The predicted molar refractivity (Wildman–Crippen MR) is 106 cm³/mol. The SMILES string of the molecule is NC1=NC2C(CN3C(=O)CCC3=O)N=C(N)N3CC(NC(=O)C4(C(F)(F)F)CC4)C(O)(O)C23N1. The minimum absolute atomic E-state index is 0.0232. The number of hydrogen-bond donors (Lipinski definition) is 6. The van der Waals surface area contributed by atoms with E-state index >= 15 is 0 Å². The fourth-order valence-corrected chi connectivity index (χ4v) is 5.31. The molecule has 1 spiro atoms. The summed E-state index contributed by atoms with van der Waals surface area (Å²) in [4.78, 5) is 47.3. The summed E-state index contributed by atoms with van der Waals surface area (Å²) in [7, 11) is 0. The van der Waals surface area contributed by atoms with Crippen molar-refractivity contribution in [3.05, 3.63) is 0 Å². The Hall–Kier alpha value is -3.14. The van der Waals surface area contributed by atoms with Crippen LogP contribution in [0.1, 0.15) is 25.7 Å². The van der Waals surface area contributed by atoms with Crippen molar-refractivity contribution in [1.29, 1.82) is 0 Å². The van der Waals surface area contributed by atoms with Gasteiger partial charge in [-0.25, -0.2) is 9.98 Å². The van der Waals surface area contributed by atoms with Gasteiger partial charge in [0.05, 0.1) is 12.6 Å². The van der Waals surface area contributed by atoms with Crippen LogP contribution >= 0.6 is 0 Å².